The second kappa shape index (κ2) is 10.6. The molecule has 2 aliphatic rings. The van der Waals surface area contributed by atoms with Crippen LogP contribution in [-0.2, 0) is 15.9 Å². The van der Waals surface area contributed by atoms with Crippen LogP contribution >= 0.6 is 0 Å². The minimum atomic E-state index is -0.468. The molecule has 10 heteroatoms. The van der Waals surface area contributed by atoms with Crippen molar-refractivity contribution >= 4 is 17.7 Å². The topological polar surface area (TPSA) is 108 Å². The van der Waals surface area contributed by atoms with E-state index in [4.69, 9.17) is 14.2 Å². The average Bonchev–Trinajstić information content (AvgIpc) is 3.43. The van der Waals surface area contributed by atoms with E-state index in [9.17, 15) is 9.59 Å². The number of nitrogens with zero attached hydrogens (tertiary/aromatic N) is 4. The van der Waals surface area contributed by atoms with E-state index in [1.54, 1.807) is 17.0 Å². The van der Waals surface area contributed by atoms with E-state index < -0.39 is 12.1 Å². The number of methoxy groups -OCH3 is 2. The fourth-order valence-electron chi connectivity index (χ4n) is 5.06. The van der Waals surface area contributed by atoms with Crippen LogP contribution in [0.25, 0.3) is 11.1 Å². The van der Waals surface area contributed by atoms with Gasteiger partial charge in [-0.05, 0) is 63.9 Å². The first kappa shape index (κ1) is 24.8. The molecule has 0 radical (unpaired) electrons. The monoisotopic (exact) mass is 505 g/mol. The Morgan fingerprint density at radius 3 is 2.54 bits per heavy atom. The number of anilines is 1. The van der Waals surface area contributed by atoms with Gasteiger partial charge in [0, 0.05) is 41.2 Å². The number of hydrogen-bond acceptors (Lipinski definition) is 8. The first-order valence-corrected chi connectivity index (χ1v) is 12.5. The fourth-order valence-corrected chi connectivity index (χ4v) is 5.06. The number of carbonyl (C=O) groups is 2. The lowest BCUT2D eigenvalue weighted by molar-refractivity contribution is 0.0600. The highest BCUT2D eigenvalue weighted by Crippen LogP contribution is 2.44. The Labute approximate surface area is 215 Å². The smallest absolute Gasteiger partial charge is 0.414 e. The van der Waals surface area contributed by atoms with Crippen LogP contribution in [0.1, 0.15) is 48.1 Å². The van der Waals surface area contributed by atoms with Crippen molar-refractivity contribution in [3.8, 4) is 22.8 Å². The maximum absolute atomic E-state index is 12.7. The van der Waals surface area contributed by atoms with Gasteiger partial charge in [0.05, 0.1) is 37.7 Å². The van der Waals surface area contributed by atoms with Gasteiger partial charge in [-0.3, -0.25) is 9.58 Å². The summed E-state index contributed by atoms with van der Waals surface area (Å²) < 4.78 is 18.3. The van der Waals surface area contributed by atoms with Crippen molar-refractivity contribution in [2.75, 3.05) is 32.2 Å². The molecule has 0 saturated carbocycles. The van der Waals surface area contributed by atoms with Crippen molar-refractivity contribution < 1.29 is 23.8 Å². The summed E-state index contributed by atoms with van der Waals surface area (Å²) >= 11 is 0. The van der Waals surface area contributed by atoms with Gasteiger partial charge in [0.25, 0.3) is 0 Å². The number of esters is 1. The van der Waals surface area contributed by atoms with Crippen LogP contribution in [0.5, 0.6) is 11.6 Å². The molecule has 10 nitrogen and oxygen atoms in total. The second-order valence-electron chi connectivity index (χ2n) is 9.34. The van der Waals surface area contributed by atoms with E-state index in [0.29, 0.717) is 23.2 Å². The summed E-state index contributed by atoms with van der Waals surface area (Å²) in [6.45, 7) is 3.95. The zero-order chi connectivity index (χ0) is 25.9. The minimum absolute atomic E-state index is 0.0150. The van der Waals surface area contributed by atoms with Gasteiger partial charge < -0.3 is 19.5 Å². The van der Waals surface area contributed by atoms with Crippen molar-refractivity contribution in [3.05, 3.63) is 54.0 Å². The molecule has 1 N–H and O–H groups in total. The summed E-state index contributed by atoms with van der Waals surface area (Å²) in [6, 6.07) is 7.48. The molecular formula is C27H31N5O5. The number of pyridine rings is 1. The van der Waals surface area contributed by atoms with Gasteiger partial charge in [-0.1, -0.05) is 0 Å². The van der Waals surface area contributed by atoms with Gasteiger partial charge in [0.15, 0.2) is 0 Å². The largest absolute Gasteiger partial charge is 0.465 e. The SMILES string of the molecule is COC(=O)c1ccc(Oc2c(-c3cnn(C4CCNCC4)c3)ccc3c2CC[C@H](C)N3C(=O)OC)nc1. The van der Waals surface area contributed by atoms with Crippen LogP contribution in [0.3, 0.4) is 0 Å². The molecule has 1 atom stereocenters. The standard InChI is InChI=1S/C27H31N5O5/c1-17-4-6-22-23(32(17)27(34)36-3)8-7-21(19-15-30-31(16-19)20-10-12-28-13-11-20)25(22)37-24-9-5-18(14-29-24)26(33)35-2/h5,7-9,14-17,20,28H,4,6,10-13H2,1-3H3/t17-/m0/s1. The molecule has 2 aromatic heterocycles. The van der Waals surface area contributed by atoms with Gasteiger partial charge in [-0.25, -0.2) is 14.6 Å². The highest BCUT2D eigenvalue weighted by molar-refractivity contribution is 5.92. The van der Waals surface area contributed by atoms with Crippen molar-refractivity contribution in [3.63, 3.8) is 0 Å². The van der Waals surface area contributed by atoms with Gasteiger partial charge >= 0.3 is 12.1 Å². The lowest BCUT2D eigenvalue weighted by atomic mass is 9.92. The minimum Gasteiger partial charge on any atom is -0.465 e. The highest BCUT2D eigenvalue weighted by Gasteiger charge is 2.32. The number of nitrogens with one attached hydrogen (secondary N) is 1. The van der Waals surface area contributed by atoms with Crippen molar-refractivity contribution in [1.82, 2.24) is 20.1 Å². The Morgan fingerprint density at radius 2 is 1.84 bits per heavy atom. The normalized spacial score (nSPS) is 17.7. The molecule has 0 aliphatic carbocycles. The van der Waals surface area contributed by atoms with Crippen LogP contribution in [0.15, 0.2) is 42.9 Å². The Hall–Kier alpha value is -3.92. The summed E-state index contributed by atoms with van der Waals surface area (Å²) in [6.07, 6.45) is 8.45. The Morgan fingerprint density at radius 1 is 1.03 bits per heavy atom. The lowest BCUT2D eigenvalue weighted by Crippen LogP contribution is -2.42. The third-order valence-electron chi connectivity index (χ3n) is 7.08. The zero-order valence-electron chi connectivity index (χ0n) is 21.3. The van der Waals surface area contributed by atoms with Gasteiger partial charge in [-0.15, -0.1) is 0 Å². The summed E-state index contributed by atoms with van der Waals surface area (Å²) in [5.74, 6) is 0.475. The molecule has 37 heavy (non-hydrogen) atoms. The molecule has 3 aromatic rings. The molecule has 0 bridgehead atoms. The molecule has 1 aromatic carbocycles. The Balaban J connectivity index is 1.57. The number of aromatic nitrogens is 3. The zero-order valence-corrected chi connectivity index (χ0v) is 21.3. The Kier molecular flexibility index (Phi) is 7.09. The van der Waals surface area contributed by atoms with E-state index in [1.165, 1.54) is 20.4 Å². The first-order chi connectivity index (χ1) is 18.0. The molecule has 2 aliphatic heterocycles. The molecule has 1 fully saturated rings. The number of hydrogen-bond donors (Lipinski definition) is 1. The number of ether oxygens (including phenoxy) is 3. The van der Waals surface area contributed by atoms with Crippen LogP contribution < -0.4 is 15.0 Å². The summed E-state index contributed by atoms with van der Waals surface area (Å²) in [7, 11) is 2.71. The van der Waals surface area contributed by atoms with E-state index in [0.717, 1.165) is 61.2 Å². The van der Waals surface area contributed by atoms with Crippen LogP contribution in [0, 0.1) is 0 Å². The van der Waals surface area contributed by atoms with Crippen LogP contribution in [-0.4, -0.2) is 60.2 Å². The number of amides is 1. The van der Waals surface area contributed by atoms with Gasteiger partial charge in [-0.2, -0.15) is 5.10 Å². The predicted octanol–water partition coefficient (Wildman–Crippen LogP) is 4.36. The van der Waals surface area contributed by atoms with E-state index in [1.807, 2.05) is 29.9 Å². The maximum Gasteiger partial charge on any atom is 0.414 e. The number of fused-ring (bicyclic) bond motifs is 1. The maximum atomic E-state index is 12.7. The molecule has 5 rings (SSSR count). The van der Waals surface area contributed by atoms with Crippen molar-refractivity contribution in [2.45, 2.75) is 44.7 Å². The number of piperidine rings is 1. The van der Waals surface area contributed by atoms with Crippen LogP contribution in [0.2, 0.25) is 0 Å². The molecule has 1 saturated heterocycles. The summed E-state index contributed by atoms with van der Waals surface area (Å²) in [4.78, 5) is 30.5. The quantitative estimate of drug-likeness (QED) is 0.510. The molecule has 4 heterocycles. The fraction of sp³-hybridized carbons (Fsp3) is 0.407. The van der Waals surface area contributed by atoms with Gasteiger partial charge in [0.2, 0.25) is 5.88 Å². The third kappa shape index (κ3) is 4.89. The molecule has 1 amide bonds. The van der Waals surface area contributed by atoms with E-state index in [-0.39, 0.29) is 6.04 Å². The number of carbonyl (C=O) groups excluding carboxylic acids is 2. The van der Waals surface area contributed by atoms with Crippen LogP contribution in [0.4, 0.5) is 10.5 Å². The molecule has 0 spiro atoms. The lowest BCUT2D eigenvalue weighted by Gasteiger charge is -2.35. The predicted molar refractivity (Wildman–Crippen MR) is 137 cm³/mol. The third-order valence-corrected chi connectivity index (χ3v) is 7.08. The first-order valence-electron chi connectivity index (χ1n) is 12.5. The van der Waals surface area contributed by atoms with Crippen molar-refractivity contribution in [2.24, 2.45) is 0 Å². The molecule has 194 valence electrons. The summed E-state index contributed by atoms with van der Waals surface area (Å²) in [5, 5.41) is 8.06. The van der Waals surface area contributed by atoms with Gasteiger partial charge in [0.1, 0.15) is 5.75 Å². The number of rotatable bonds is 5. The summed E-state index contributed by atoms with van der Waals surface area (Å²) in [5.41, 5.74) is 3.76. The second-order valence-corrected chi connectivity index (χ2v) is 9.34. The number of benzene rings is 1. The van der Waals surface area contributed by atoms with E-state index in [2.05, 4.69) is 21.6 Å². The van der Waals surface area contributed by atoms with Crippen molar-refractivity contribution in [1.29, 1.82) is 0 Å². The average molecular weight is 506 g/mol. The molecule has 0 unspecified atom stereocenters. The molecular weight excluding hydrogens is 474 g/mol. The highest BCUT2D eigenvalue weighted by atomic mass is 16.5. The van der Waals surface area contributed by atoms with E-state index >= 15 is 0 Å². The Bertz CT molecular complexity index is 1280.